The molecule has 2 N–H and O–H groups in total. The van der Waals surface area contributed by atoms with Gasteiger partial charge in [0.2, 0.25) is 11.9 Å². The van der Waals surface area contributed by atoms with Gasteiger partial charge in [0.25, 0.3) is 0 Å². The van der Waals surface area contributed by atoms with Crippen LogP contribution < -0.4 is 10.6 Å². The molecule has 2 heterocycles. The Morgan fingerprint density at radius 2 is 1.82 bits per heavy atom. The summed E-state index contributed by atoms with van der Waals surface area (Å²) in [5, 5.41) is 7.07. The summed E-state index contributed by atoms with van der Waals surface area (Å²) in [5.74, 6) is 0.264. The van der Waals surface area contributed by atoms with E-state index in [9.17, 15) is 4.79 Å². The Labute approximate surface area is 162 Å². The second kappa shape index (κ2) is 7.36. The summed E-state index contributed by atoms with van der Waals surface area (Å²) in [6, 6.07) is 17.5. The van der Waals surface area contributed by atoms with Gasteiger partial charge >= 0.3 is 0 Å². The summed E-state index contributed by atoms with van der Waals surface area (Å²) in [6.07, 6.45) is 5.05. The lowest BCUT2D eigenvalue weighted by atomic mass is 10.1. The van der Waals surface area contributed by atoms with E-state index in [1.54, 1.807) is 18.3 Å². The summed E-state index contributed by atoms with van der Waals surface area (Å²) < 4.78 is 2.09. The van der Waals surface area contributed by atoms with Crippen LogP contribution in [-0.2, 0) is 11.8 Å². The smallest absolute Gasteiger partial charge is 0.247 e. The van der Waals surface area contributed by atoms with Gasteiger partial charge in [0.15, 0.2) is 0 Å². The highest BCUT2D eigenvalue weighted by Crippen LogP contribution is 2.29. The Kier molecular flexibility index (Phi) is 4.60. The number of hydrogen-bond donors (Lipinski definition) is 2. The van der Waals surface area contributed by atoms with Gasteiger partial charge in [-0.15, -0.1) is 0 Å². The van der Waals surface area contributed by atoms with E-state index in [4.69, 9.17) is 0 Å². The first-order chi connectivity index (χ1) is 13.6. The largest absolute Gasteiger partial charge is 0.350 e. The molecule has 0 saturated carbocycles. The van der Waals surface area contributed by atoms with Crippen LogP contribution in [0.3, 0.4) is 0 Å². The normalized spacial score (nSPS) is 10.6. The number of aromatic nitrogens is 3. The molecule has 4 aromatic rings. The van der Waals surface area contributed by atoms with Crippen LogP contribution >= 0.6 is 0 Å². The molecule has 0 atom stereocenters. The van der Waals surface area contributed by atoms with E-state index in [2.05, 4.69) is 50.1 Å². The SMILES string of the molecule is C=CC(=O)Nc1ccc(Nc2nccc(-c3cn(C)c4ccccc34)n2)cc1. The molecular weight excluding hydrogens is 350 g/mol. The van der Waals surface area contributed by atoms with Gasteiger partial charge in [-0.3, -0.25) is 4.79 Å². The van der Waals surface area contributed by atoms with Gasteiger partial charge in [-0.2, -0.15) is 0 Å². The molecule has 0 spiro atoms. The van der Waals surface area contributed by atoms with Gasteiger partial charge in [0.1, 0.15) is 0 Å². The number of nitrogens with zero attached hydrogens (tertiary/aromatic N) is 3. The van der Waals surface area contributed by atoms with E-state index >= 15 is 0 Å². The van der Waals surface area contributed by atoms with Crippen LogP contribution in [0.5, 0.6) is 0 Å². The average molecular weight is 369 g/mol. The van der Waals surface area contributed by atoms with E-state index in [-0.39, 0.29) is 5.91 Å². The molecule has 0 aliphatic rings. The fourth-order valence-electron chi connectivity index (χ4n) is 3.07. The summed E-state index contributed by atoms with van der Waals surface area (Å²) >= 11 is 0. The highest BCUT2D eigenvalue weighted by molar-refractivity contribution is 5.99. The monoisotopic (exact) mass is 369 g/mol. The average Bonchev–Trinajstić information content (AvgIpc) is 3.07. The predicted molar refractivity (Wildman–Crippen MR) is 112 cm³/mol. The number of anilines is 3. The molecule has 138 valence electrons. The summed E-state index contributed by atoms with van der Waals surface area (Å²) in [7, 11) is 2.03. The predicted octanol–water partition coefficient (Wildman–Crippen LogP) is 4.50. The Balaban J connectivity index is 1.59. The van der Waals surface area contributed by atoms with Crippen LogP contribution in [-0.4, -0.2) is 20.4 Å². The third kappa shape index (κ3) is 3.48. The minimum absolute atomic E-state index is 0.244. The van der Waals surface area contributed by atoms with Gasteiger partial charge in [-0.1, -0.05) is 24.8 Å². The molecule has 2 aromatic heterocycles. The molecular formula is C22H19N5O. The Bertz CT molecular complexity index is 1160. The van der Waals surface area contributed by atoms with Crippen molar-refractivity contribution in [1.82, 2.24) is 14.5 Å². The zero-order valence-electron chi connectivity index (χ0n) is 15.4. The maximum atomic E-state index is 11.4. The minimum Gasteiger partial charge on any atom is -0.350 e. The quantitative estimate of drug-likeness (QED) is 0.508. The second-order valence-electron chi connectivity index (χ2n) is 6.33. The van der Waals surface area contributed by atoms with E-state index < -0.39 is 0 Å². The molecule has 28 heavy (non-hydrogen) atoms. The molecule has 6 nitrogen and oxygen atoms in total. The number of aryl methyl sites for hydroxylation is 1. The molecule has 2 aromatic carbocycles. The van der Waals surface area contributed by atoms with Crippen molar-refractivity contribution in [2.45, 2.75) is 0 Å². The number of nitrogens with one attached hydrogen (secondary N) is 2. The van der Waals surface area contributed by atoms with Crippen LogP contribution in [0.25, 0.3) is 22.2 Å². The molecule has 1 amide bonds. The van der Waals surface area contributed by atoms with Gasteiger partial charge in [-0.05, 0) is 42.5 Å². The molecule has 0 bridgehead atoms. The number of carbonyl (C=O) groups excluding carboxylic acids is 1. The molecule has 0 aliphatic heterocycles. The second-order valence-corrected chi connectivity index (χ2v) is 6.33. The van der Waals surface area contributed by atoms with Crippen LogP contribution in [0, 0.1) is 0 Å². The van der Waals surface area contributed by atoms with Crippen molar-refractivity contribution in [2.24, 2.45) is 7.05 Å². The summed E-state index contributed by atoms with van der Waals surface area (Å²) in [5.41, 5.74) is 4.59. The van der Waals surface area contributed by atoms with E-state index in [1.807, 2.05) is 37.4 Å². The lowest BCUT2D eigenvalue weighted by molar-refractivity contribution is -0.111. The van der Waals surface area contributed by atoms with Gasteiger partial charge in [0, 0.05) is 47.3 Å². The Morgan fingerprint density at radius 1 is 1.07 bits per heavy atom. The number of fused-ring (bicyclic) bond motifs is 1. The first-order valence-electron chi connectivity index (χ1n) is 8.82. The summed E-state index contributed by atoms with van der Waals surface area (Å²) in [4.78, 5) is 20.3. The number of hydrogen-bond acceptors (Lipinski definition) is 4. The van der Waals surface area contributed by atoms with Crippen molar-refractivity contribution in [3.8, 4) is 11.3 Å². The third-order valence-electron chi connectivity index (χ3n) is 4.42. The van der Waals surface area contributed by atoms with Crippen LogP contribution in [0.4, 0.5) is 17.3 Å². The zero-order chi connectivity index (χ0) is 19.5. The maximum Gasteiger partial charge on any atom is 0.247 e. The van der Waals surface area contributed by atoms with E-state index in [1.165, 1.54) is 6.08 Å². The highest BCUT2D eigenvalue weighted by Gasteiger charge is 2.10. The number of para-hydroxylation sites is 1. The highest BCUT2D eigenvalue weighted by atomic mass is 16.1. The minimum atomic E-state index is -0.244. The summed E-state index contributed by atoms with van der Waals surface area (Å²) in [6.45, 7) is 3.44. The zero-order valence-corrected chi connectivity index (χ0v) is 15.4. The standard InChI is InChI=1S/C22H19N5O/c1-3-21(28)24-15-8-10-16(11-9-15)25-22-23-13-12-19(26-22)18-14-27(2)20-7-5-4-6-17(18)20/h3-14H,1H2,2H3,(H,24,28)(H,23,25,26). The fourth-order valence-corrected chi connectivity index (χ4v) is 3.07. The Morgan fingerprint density at radius 3 is 2.61 bits per heavy atom. The first-order valence-corrected chi connectivity index (χ1v) is 8.82. The molecule has 0 saturated heterocycles. The number of amides is 1. The molecule has 0 aliphatic carbocycles. The van der Waals surface area contributed by atoms with Gasteiger partial charge in [0.05, 0.1) is 5.69 Å². The molecule has 6 heteroatoms. The third-order valence-corrected chi connectivity index (χ3v) is 4.42. The van der Waals surface area contributed by atoms with Crippen molar-refractivity contribution in [2.75, 3.05) is 10.6 Å². The fraction of sp³-hybridized carbons (Fsp3) is 0.0455. The van der Waals surface area contributed by atoms with Crippen molar-refractivity contribution >= 4 is 34.1 Å². The molecule has 4 rings (SSSR count). The molecule has 0 fully saturated rings. The van der Waals surface area contributed by atoms with Crippen molar-refractivity contribution in [3.05, 3.63) is 79.6 Å². The van der Waals surface area contributed by atoms with Gasteiger partial charge < -0.3 is 15.2 Å². The number of rotatable bonds is 5. The van der Waals surface area contributed by atoms with E-state index in [0.29, 0.717) is 11.6 Å². The lowest BCUT2D eigenvalue weighted by Crippen LogP contribution is -2.07. The van der Waals surface area contributed by atoms with Crippen molar-refractivity contribution in [3.63, 3.8) is 0 Å². The van der Waals surface area contributed by atoms with Gasteiger partial charge in [-0.25, -0.2) is 9.97 Å². The maximum absolute atomic E-state index is 11.4. The van der Waals surface area contributed by atoms with Crippen molar-refractivity contribution < 1.29 is 4.79 Å². The first kappa shape index (κ1) is 17.5. The number of benzene rings is 2. The molecule has 0 radical (unpaired) electrons. The number of carbonyl (C=O) groups is 1. The van der Waals surface area contributed by atoms with Crippen LogP contribution in [0.2, 0.25) is 0 Å². The van der Waals surface area contributed by atoms with Crippen LogP contribution in [0.1, 0.15) is 0 Å². The van der Waals surface area contributed by atoms with Crippen molar-refractivity contribution in [1.29, 1.82) is 0 Å². The Hall–Kier alpha value is -3.93. The van der Waals surface area contributed by atoms with Crippen LogP contribution in [0.15, 0.2) is 79.6 Å². The molecule has 0 unspecified atom stereocenters. The van der Waals surface area contributed by atoms with E-state index in [0.717, 1.165) is 27.8 Å². The topological polar surface area (TPSA) is 71.8 Å². The lowest BCUT2D eigenvalue weighted by Gasteiger charge is -2.08.